The number of nitrogens with one attached hydrogen (secondary N) is 1. The Morgan fingerprint density at radius 2 is 2.35 bits per heavy atom. The molecule has 6 heteroatoms. The Morgan fingerprint density at radius 1 is 1.55 bits per heavy atom. The third kappa shape index (κ3) is 3.77. The van der Waals surface area contributed by atoms with Crippen LogP contribution >= 0.6 is 11.3 Å². The fraction of sp³-hybridized carbons (Fsp3) is 0.714. The zero-order valence-electron chi connectivity index (χ0n) is 12.1. The number of ether oxygens (including phenoxy) is 1. The minimum atomic E-state index is -0.326. The summed E-state index contributed by atoms with van der Waals surface area (Å²) in [6, 6.07) is 0. The number of hydrogen-bond acceptors (Lipinski definition) is 5. The van der Waals surface area contributed by atoms with Crippen LogP contribution in [-0.4, -0.2) is 36.2 Å². The second-order valence-corrected chi connectivity index (χ2v) is 6.35. The van der Waals surface area contributed by atoms with E-state index in [1.54, 1.807) is 11.3 Å². The molecular weight excluding hydrogens is 274 g/mol. The normalized spacial score (nSPS) is 22.1. The molecule has 1 fully saturated rings. The highest BCUT2D eigenvalue weighted by molar-refractivity contribution is 7.11. The van der Waals surface area contributed by atoms with Crippen molar-refractivity contribution in [3.8, 4) is 0 Å². The molecule has 1 aromatic heterocycles. The maximum absolute atomic E-state index is 11.9. The zero-order valence-corrected chi connectivity index (χ0v) is 13.0. The molecular formula is C14H23N3O2S. The summed E-state index contributed by atoms with van der Waals surface area (Å²) in [5.74, 6) is -0.0232. The van der Waals surface area contributed by atoms with Gasteiger partial charge in [0.05, 0.1) is 16.8 Å². The quantitative estimate of drug-likeness (QED) is 0.826. The molecule has 1 saturated heterocycles. The number of amides is 1. The van der Waals surface area contributed by atoms with Crippen LogP contribution in [0.15, 0.2) is 0 Å². The van der Waals surface area contributed by atoms with Gasteiger partial charge in [0.2, 0.25) is 5.91 Å². The highest BCUT2D eigenvalue weighted by Crippen LogP contribution is 2.19. The first-order valence-electron chi connectivity index (χ1n) is 7.22. The first kappa shape index (κ1) is 15.4. The Hall–Kier alpha value is -0.980. The maximum atomic E-state index is 11.9. The third-order valence-corrected chi connectivity index (χ3v) is 4.65. The average Bonchev–Trinajstić information content (AvgIpc) is 3.05. The van der Waals surface area contributed by atoms with Crippen molar-refractivity contribution in [1.29, 1.82) is 0 Å². The van der Waals surface area contributed by atoms with Gasteiger partial charge in [-0.05, 0) is 26.2 Å². The van der Waals surface area contributed by atoms with E-state index in [1.807, 2.05) is 0 Å². The van der Waals surface area contributed by atoms with Crippen molar-refractivity contribution in [3.63, 3.8) is 0 Å². The average molecular weight is 297 g/mol. The van der Waals surface area contributed by atoms with Gasteiger partial charge in [0.25, 0.3) is 0 Å². The number of aromatic nitrogens is 1. The highest BCUT2D eigenvalue weighted by atomic mass is 32.1. The number of thiazole rings is 1. The molecule has 5 nitrogen and oxygen atoms in total. The molecule has 112 valence electrons. The summed E-state index contributed by atoms with van der Waals surface area (Å²) in [7, 11) is 0. The molecule has 1 amide bonds. The van der Waals surface area contributed by atoms with Crippen LogP contribution < -0.4 is 11.1 Å². The van der Waals surface area contributed by atoms with Gasteiger partial charge in [0.1, 0.15) is 6.10 Å². The summed E-state index contributed by atoms with van der Waals surface area (Å²) < 4.78 is 5.57. The second-order valence-electron chi connectivity index (χ2n) is 5.06. The summed E-state index contributed by atoms with van der Waals surface area (Å²) >= 11 is 1.72. The number of carbonyl (C=O) groups excluding carboxylic acids is 1. The molecule has 1 aliphatic heterocycles. The van der Waals surface area contributed by atoms with Gasteiger partial charge in [0.15, 0.2) is 0 Å². The lowest BCUT2D eigenvalue weighted by Crippen LogP contribution is -2.36. The highest BCUT2D eigenvalue weighted by Gasteiger charge is 2.29. The molecule has 0 spiro atoms. The fourth-order valence-corrected chi connectivity index (χ4v) is 3.42. The number of carbonyl (C=O) groups is 1. The number of nitrogens with zero attached hydrogens (tertiary/aromatic N) is 1. The van der Waals surface area contributed by atoms with Crippen molar-refractivity contribution in [2.24, 2.45) is 5.73 Å². The molecule has 2 rings (SSSR count). The predicted molar refractivity (Wildman–Crippen MR) is 79.9 cm³/mol. The van der Waals surface area contributed by atoms with E-state index in [4.69, 9.17) is 10.5 Å². The van der Waals surface area contributed by atoms with Gasteiger partial charge in [-0.15, -0.1) is 11.3 Å². The molecule has 0 aliphatic carbocycles. The molecule has 20 heavy (non-hydrogen) atoms. The van der Waals surface area contributed by atoms with Gasteiger partial charge >= 0.3 is 0 Å². The summed E-state index contributed by atoms with van der Waals surface area (Å²) in [6.07, 6.45) is 3.10. The van der Waals surface area contributed by atoms with Crippen LogP contribution in [0, 0.1) is 6.92 Å². The van der Waals surface area contributed by atoms with Gasteiger partial charge in [-0.3, -0.25) is 4.79 Å². The Bertz CT molecular complexity index is 461. The van der Waals surface area contributed by atoms with E-state index >= 15 is 0 Å². The van der Waals surface area contributed by atoms with Crippen LogP contribution in [0.5, 0.6) is 0 Å². The Labute approximate surface area is 123 Å². The molecule has 0 radical (unpaired) electrons. The minimum Gasteiger partial charge on any atom is -0.364 e. The van der Waals surface area contributed by atoms with E-state index in [9.17, 15) is 4.79 Å². The monoisotopic (exact) mass is 297 g/mol. The lowest BCUT2D eigenvalue weighted by Gasteiger charge is -2.12. The van der Waals surface area contributed by atoms with Gasteiger partial charge in [-0.25, -0.2) is 4.98 Å². The van der Waals surface area contributed by atoms with Crippen LogP contribution in [0.2, 0.25) is 0 Å². The number of rotatable bonds is 6. The number of aryl methyl sites for hydroxylation is 2. The Balaban J connectivity index is 1.74. The van der Waals surface area contributed by atoms with E-state index in [1.165, 1.54) is 10.6 Å². The summed E-state index contributed by atoms with van der Waals surface area (Å²) in [5.41, 5.74) is 6.71. The van der Waals surface area contributed by atoms with Crippen molar-refractivity contribution < 1.29 is 9.53 Å². The summed E-state index contributed by atoms with van der Waals surface area (Å²) in [5, 5.41) is 4.02. The fourth-order valence-electron chi connectivity index (χ4n) is 2.40. The molecule has 0 unspecified atom stereocenters. The summed E-state index contributed by atoms with van der Waals surface area (Å²) in [6.45, 7) is 5.31. The molecule has 2 heterocycles. The Kier molecular flexibility index (Phi) is 5.51. The van der Waals surface area contributed by atoms with Crippen LogP contribution in [0.25, 0.3) is 0 Å². The molecule has 1 aromatic rings. The SMILES string of the molecule is CCc1nc(CCNC(=O)[C@@H]2CC[C@H](CN)O2)sc1C. The molecule has 2 atom stereocenters. The van der Waals surface area contributed by atoms with Crippen LogP contribution in [-0.2, 0) is 22.4 Å². The predicted octanol–water partition coefficient (Wildman–Crippen LogP) is 1.18. The lowest BCUT2D eigenvalue weighted by molar-refractivity contribution is -0.131. The van der Waals surface area contributed by atoms with E-state index in [2.05, 4.69) is 24.1 Å². The first-order valence-corrected chi connectivity index (χ1v) is 8.04. The van der Waals surface area contributed by atoms with Crippen LogP contribution in [0.1, 0.15) is 35.3 Å². The largest absolute Gasteiger partial charge is 0.364 e. The molecule has 0 saturated carbocycles. The smallest absolute Gasteiger partial charge is 0.249 e. The molecule has 0 aromatic carbocycles. The van der Waals surface area contributed by atoms with Crippen LogP contribution in [0.4, 0.5) is 0 Å². The molecule has 3 N–H and O–H groups in total. The van der Waals surface area contributed by atoms with Crippen molar-refractivity contribution >= 4 is 17.2 Å². The molecule has 1 aliphatic rings. The number of hydrogen-bond donors (Lipinski definition) is 2. The van der Waals surface area contributed by atoms with Crippen LogP contribution in [0.3, 0.4) is 0 Å². The summed E-state index contributed by atoms with van der Waals surface area (Å²) in [4.78, 5) is 17.8. The standard InChI is InChI=1S/C14H23N3O2S/c1-3-11-9(2)20-13(17-11)6-7-16-14(18)12-5-4-10(8-15)19-12/h10,12H,3-8,15H2,1-2H3,(H,16,18)/t10-,12+/m1/s1. The van der Waals surface area contributed by atoms with E-state index in [0.717, 1.165) is 30.7 Å². The topological polar surface area (TPSA) is 77.2 Å². The van der Waals surface area contributed by atoms with Crippen molar-refractivity contribution in [3.05, 3.63) is 15.6 Å². The van der Waals surface area contributed by atoms with E-state index in [-0.39, 0.29) is 18.1 Å². The van der Waals surface area contributed by atoms with E-state index < -0.39 is 0 Å². The second kappa shape index (κ2) is 7.15. The van der Waals surface area contributed by atoms with Gasteiger partial charge in [-0.2, -0.15) is 0 Å². The lowest BCUT2D eigenvalue weighted by atomic mass is 10.2. The van der Waals surface area contributed by atoms with Gasteiger partial charge < -0.3 is 15.8 Å². The van der Waals surface area contributed by atoms with Gasteiger partial charge in [-0.1, -0.05) is 6.92 Å². The molecule has 0 bridgehead atoms. The first-order chi connectivity index (χ1) is 9.63. The van der Waals surface area contributed by atoms with E-state index in [0.29, 0.717) is 13.1 Å². The van der Waals surface area contributed by atoms with Crippen molar-refractivity contribution in [2.45, 2.75) is 51.7 Å². The third-order valence-electron chi connectivity index (χ3n) is 3.57. The van der Waals surface area contributed by atoms with Gasteiger partial charge in [0, 0.05) is 24.4 Å². The number of nitrogens with two attached hydrogens (primary N) is 1. The minimum absolute atomic E-state index is 0.0232. The van der Waals surface area contributed by atoms with Crippen molar-refractivity contribution in [1.82, 2.24) is 10.3 Å². The zero-order chi connectivity index (χ0) is 14.5. The maximum Gasteiger partial charge on any atom is 0.249 e. The van der Waals surface area contributed by atoms with Crippen molar-refractivity contribution in [2.75, 3.05) is 13.1 Å². The Morgan fingerprint density at radius 3 is 2.95 bits per heavy atom.